The molecule has 1 N–H and O–H groups in total. The zero-order chi connectivity index (χ0) is 10.1. The van der Waals surface area contributed by atoms with E-state index >= 15 is 0 Å². The van der Waals surface area contributed by atoms with E-state index in [-0.39, 0.29) is 5.69 Å². The molecule has 0 amide bonds. The van der Waals surface area contributed by atoms with Gasteiger partial charge in [-0.1, -0.05) is 15.9 Å². The number of nitrogens with one attached hydrogen (secondary N) is 1. The Bertz CT molecular complexity index is 398. The van der Waals surface area contributed by atoms with E-state index in [1.165, 1.54) is 12.1 Å². The van der Waals surface area contributed by atoms with Gasteiger partial charge in [0.15, 0.2) is 0 Å². The van der Waals surface area contributed by atoms with Crippen LogP contribution in [0.5, 0.6) is 0 Å². The molecule has 0 fully saturated rings. The molecule has 0 aliphatic heterocycles. The Hall–Kier alpha value is -0.620. The van der Waals surface area contributed by atoms with Gasteiger partial charge in [0.2, 0.25) is 10.0 Å². The van der Waals surface area contributed by atoms with Crippen molar-refractivity contribution in [3.8, 4) is 0 Å². The van der Waals surface area contributed by atoms with Gasteiger partial charge < -0.3 is 0 Å². The van der Waals surface area contributed by atoms with E-state index in [0.29, 0.717) is 4.47 Å². The molecule has 0 saturated carbocycles. The van der Waals surface area contributed by atoms with Crippen LogP contribution in [-0.4, -0.2) is 14.7 Å². The van der Waals surface area contributed by atoms with Crippen molar-refractivity contribution < 1.29 is 12.8 Å². The fraction of sp³-hybridized carbons (Fsp3) is 0.143. The number of anilines is 1. The van der Waals surface area contributed by atoms with E-state index < -0.39 is 15.8 Å². The van der Waals surface area contributed by atoms with Crippen LogP contribution in [0.1, 0.15) is 0 Å². The first kappa shape index (κ1) is 10.5. The first-order valence-electron chi connectivity index (χ1n) is 3.31. The van der Waals surface area contributed by atoms with Crippen LogP contribution in [0, 0.1) is 5.82 Å². The minimum Gasteiger partial charge on any atom is -0.284 e. The standard InChI is InChI=1S/C7H7BrFNO2S/c1-13(11,12)10-7-3-5(8)2-6(9)4-7/h2-4,10H,1H3. The van der Waals surface area contributed by atoms with Gasteiger partial charge in [-0.2, -0.15) is 0 Å². The third kappa shape index (κ3) is 3.73. The van der Waals surface area contributed by atoms with Crippen molar-refractivity contribution in [2.45, 2.75) is 0 Å². The van der Waals surface area contributed by atoms with E-state index in [1.54, 1.807) is 0 Å². The summed E-state index contributed by atoms with van der Waals surface area (Å²) >= 11 is 3.05. The minimum atomic E-state index is -3.35. The maximum Gasteiger partial charge on any atom is 0.229 e. The lowest BCUT2D eigenvalue weighted by Crippen LogP contribution is -2.09. The smallest absolute Gasteiger partial charge is 0.229 e. The summed E-state index contributed by atoms with van der Waals surface area (Å²) in [6.45, 7) is 0. The van der Waals surface area contributed by atoms with Crippen molar-refractivity contribution in [3.63, 3.8) is 0 Å². The molecule has 72 valence electrons. The van der Waals surface area contributed by atoms with Crippen LogP contribution < -0.4 is 4.72 Å². The zero-order valence-corrected chi connectivity index (χ0v) is 9.12. The molecule has 0 bridgehead atoms. The molecule has 0 radical (unpaired) electrons. The average molecular weight is 268 g/mol. The Labute approximate surface area is 84.1 Å². The predicted molar refractivity (Wildman–Crippen MR) is 52.6 cm³/mol. The Morgan fingerprint density at radius 3 is 2.46 bits per heavy atom. The Morgan fingerprint density at radius 1 is 1.38 bits per heavy atom. The fourth-order valence-corrected chi connectivity index (χ4v) is 1.84. The summed E-state index contributed by atoms with van der Waals surface area (Å²) in [5, 5.41) is 0. The molecule has 0 atom stereocenters. The second-order valence-corrected chi connectivity index (χ2v) is 5.20. The summed E-state index contributed by atoms with van der Waals surface area (Å²) in [5.74, 6) is -0.500. The highest BCUT2D eigenvalue weighted by atomic mass is 79.9. The number of sulfonamides is 1. The fourth-order valence-electron chi connectivity index (χ4n) is 0.827. The van der Waals surface area contributed by atoms with E-state index in [0.717, 1.165) is 12.3 Å². The Balaban J connectivity index is 3.03. The lowest BCUT2D eigenvalue weighted by molar-refractivity contribution is 0.606. The number of halogens is 2. The average Bonchev–Trinajstić information content (AvgIpc) is 1.78. The molecular weight excluding hydrogens is 261 g/mol. The van der Waals surface area contributed by atoms with Crippen LogP contribution in [0.4, 0.5) is 10.1 Å². The van der Waals surface area contributed by atoms with Crippen LogP contribution in [0.15, 0.2) is 22.7 Å². The first-order valence-corrected chi connectivity index (χ1v) is 5.99. The first-order chi connectivity index (χ1) is 5.87. The van der Waals surface area contributed by atoms with E-state index in [9.17, 15) is 12.8 Å². The third-order valence-electron chi connectivity index (χ3n) is 1.17. The van der Waals surface area contributed by atoms with Gasteiger partial charge in [0, 0.05) is 4.47 Å². The second kappa shape index (κ2) is 3.63. The van der Waals surface area contributed by atoms with Crippen molar-refractivity contribution in [2.24, 2.45) is 0 Å². The molecule has 0 heterocycles. The van der Waals surface area contributed by atoms with Gasteiger partial charge >= 0.3 is 0 Å². The molecular formula is C7H7BrFNO2S. The van der Waals surface area contributed by atoms with E-state index in [1.807, 2.05) is 0 Å². The number of hydrogen-bond donors (Lipinski definition) is 1. The third-order valence-corrected chi connectivity index (χ3v) is 2.23. The molecule has 1 rings (SSSR count). The quantitative estimate of drug-likeness (QED) is 0.891. The molecule has 6 heteroatoms. The summed E-state index contributed by atoms with van der Waals surface area (Å²) in [5.41, 5.74) is 0.203. The van der Waals surface area contributed by atoms with Gasteiger partial charge in [0.1, 0.15) is 5.82 Å². The topological polar surface area (TPSA) is 46.2 Å². The predicted octanol–water partition coefficient (Wildman–Crippen LogP) is 1.96. The normalized spacial score (nSPS) is 11.3. The lowest BCUT2D eigenvalue weighted by atomic mass is 10.3. The van der Waals surface area contributed by atoms with Gasteiger partial charge in [-0.15, -0.1) is 0 Å². The Kier molecular flexibility index (Phi) is 2.92. The summed E-state index contributed by atoms with van der Waals surface area (Å²) in [4.78, 5) is 0. The van der Waals surface area contributed by atoms with Crippen LogP contribution in [-0.2, 0) is 10.0 Å². The molecule has 3 nitrogen and oxygen atoms in total. The molecule has 0 unspecified atom stereocenters. The van der Waals surface area contributed by atoms with Gasteiger partial charge in [0.25, 0.3) is 0 Å². The molecule has 0 saturated heterocycles. The molecule has 1 aromatic carbocycles. The van der Waals surface area contributed by atoms with Crippen molar-refractivity contribution in [3.05, 3.63) is 28.5 Å². The SMILES string of the molecule is CS(=O)(=O)Nc1cc(F)cc(Br)c1. The van der Waals surface area contributed by atoms with Crippen LogP contribution in [0.3, 0.4) is 0 Å². The van der Waals surface area contributed by atoms with Crippen molar-refractivity contribution in [2.75, 3.05) is 11.0 Å². The number of rotatable bonds is 2. The zero-order valence-electron chi connectivity index (χ0n) is 6.71. The highest BCUT2D eigenvalue weighted by Crippen LogP contribution is 2.19. The monoisotopic (exact) mass is 267 g/mol. The van der Waals surface area contributed by atoms with Crippen LogP contribution in [0.25, 0.3) is 0 Å². The molecule has 0 aliphatic rings. The van der Waals surface area contributed by atoms with Gasteiger partial charge in [-0.3, -0.25) is 4.72 Å². The van der Waals surface area contributed by atoms with Crippen molar-refractivity contribution in [1.29, 1.82) is 0 Å². The van der Waals surface area contributed by atoms with Gasteiger partial charge in [-0.05, 0) is 18.2 Å². The maximum absolute atomic E-state index is 12.7. The Morgan fingerprint density at radius 2 is 2.00 bits per heavy atom. The second-order valence-electron chi connectivity index (χ2n) is 2.53. The molecule has 1 aromatic rings. The van der Waals surface area contributed by atoms with E-state index in [4.69, 9.17) is 0 Å². The summed E-state index contributed by atoms with van der Waals surface area (Å²) in [7, 11) is -3.35. The van der Waals surface area contributed by atoms with Crippen molar-refractivity contribution in [1.82, 2.24) is 0 Å². The highest BCUT2D eigenvalue weighted by Gasteiger charge is 2.03. The summed E-state index contributed by atoms with van der Waals surface area (Å²) < 4.78 is 36.9. The lowest BCUT2D eigenvalue weighted by Gasteiger charge is -2.03. The molecule has 0 aromatic heterocycles. The molecule has 0 aliphatic carbocycles. The largest absolute Gasteiger partial charge is 0.284 e. The summed E-state index contributed by atoms with van der Waals surface area (Å²) in [6, 6.07) is 3.82. The van der Waals surface area contributed by atoms with Gasteiger partial charge in [-0.25, -0.2) is 12.8 Å². The van der Waals surface area contributed by atoms with Crippen molar-refractivity contribution >= 4 is 31.6 Å². The molecule has 13 heavy (non-hydrogen) atoms. The minimum absolute atomic E-state index is 0.203. The van der Waals surface area contributed by atoms with Crippen LogP contribution in [0.2, 0.25) is 0 Å². The highest BCUT2D eigenvalue weighted by molar-refractivity contribution is 9.10. The number of hydrogen-bond acceptors (Lipinski definition) is 2. The van der Waals surface area contributed by atoms with Gasteiger partial charge in [0.05, 0.1) is 11.9 Å². The van der Waals surface area contributed by atoms with Crippen LogP contribution >= 0.6 is 15.9 Å². The van der Waals surface area contributed by atoms with E-state index in [2.05, 4.69) is 20.7 Å². The maximum atomic E-state index is 12.7. The molecule has 0 spiro atoms. The number of benzene rings is 1. The summed E-state index contributed by atoms with van der Waals surface area (Å²) in [6.07, 6.45) is 1.01.